The molecule has 1 aromatic heterocycles. The van der Waals surface area contributed by atoms with E-state index in [0.717, 1.165) is 39.0 Å². The molecule has 2 heteroatoms. The summed E-state index contributed by atoms with van der Waals surface area (Å²) in [4.78, 5) is 2.46. The molecule has 0 amide bonds. The molecular weight excluding hydrogens is 667 g/mol. The minimum absolute atomic E-state index is 0.0301. The van der Waals surface area contributed by atoms with Gasteiger partial charge in [0.25, 0.3) is 0 Å². The minimum Gasteiger partial charge on any atom is -0.456 e. The number of nitrogens with zero attached hydrogens (tertiary/aromatic N) is 1. The van der Waals surface area contributed by atoms with Crippen molar-refractivity contribution in [3.63, 3.8) is 0 Å². The van der Waals surface area contributed by atoms with Crippen molar-refractivity contribution in [1.82, 2.24) is 0 Å². The van der Waals surface area contributed by atoms with E-state index in [1.165, 1.54) is 55.6 Å². The third kappa shape index (κ3) is 5.70. The smallest absolute Gasteiger partial charge is 0.137 e. The Morgan fingerprint density at radius 3 is 1.91 bits per heavy atom. The van der Waals surface area contributed by atoms with Gasteiger partial charge < -0.3 is 9.32 Å². The highest BCUT2D eigenvalue weighted by Crippen LogP contribution is 2.57. The third-order valence-corrected chi connectivity index (χ3v) is 11.7. The van der Waals surface area contributed by atoms with Crippen LogP contribution in [0.5, 0.6) is 0 Å². The Morgan fingerprint density at radius 1 is 0.491 bits per heavy atom. The van der Waals surface area contributed by atoms with Gasteiger partial charge in [0.2, 0.25) is 0 Å². The molecule has 1 aliphatic rings. The van der Waals surface area contributed by atoms with E-state index in [-0.39, 0.29) is 16.2 Å². The van der Waals surface area contributed by atoms with E-state index in [0.29, 0.717) is 0 Å². The van der Waals surface area contributed by atoms with Crippen molar-refractivity contribution in [2.45, 2.75) is 71.6 Å². The molecule has 0 spiro atoms. The van der Waals surface area contributed by atoms with Gasteiger partial charge in [-0.05, 0) is 97.3 Å². The van der Waals surface area contributed by atoms with Crippen molar-refractivity contribution in [2.75, 3.05) is 4.90 Å². The molecular formula is C53H49NO. The fourth-order valence-electron chi connectivity index (χ4n) is 8.84. The summed E-state index contributed by atoms with van der Waals surface area (Å²) in [5, 5.41) is 2.21. The van der Waals surface area contributed by atoms with Gasteiger partial charge in [0.1, 0.15) is 11.2 Å². The standard InChI is InChI=1S/C53H49NO/c1-51(2,3)36-32-42(52(4,5)6)50-43(33-36)53(7,8)41-26-17-25-39(48(41)50)38-23-12-14-27-44(38)54(37-22-16-21-35(31-37)34-19-10-9-11-20-34)45-28-18-30-47-49(45)40-24-13-15-29-46(40)55-47/h9-33H,1-8H3. The summed E-state index contributed by atoms with van der Waals surface area (Å²) in [5.74, 6) is 0. The zero-order chi connectivity index (χ0) is 38.3. The van der Waals surface area contributed by atoms with Gasteiger partial charge in [0.15, 0.2) is 0 Å². The predicted octanol–water partition coefficient (Wildman–Crippen LogP) is 15.3. The number of hydrogen-bond donors (Lipinski definition) is 0. The molecule has 0 aliphatic heterocycles. The maximum Gasteiger partial charge on any atom is 0.137 e. The summed E-state index contributed by atoms with van der Waals surface area (Å²) < 4.78 is 6.50. The summed E-state index contributed by atoms with van der Waals surface area (Å²) >= 11 is 0. The first-order valence-corrected chi connectivity index (χ1v) is 19.6. The second kappa shape index (κ2) is 12.6. The highest BCUT2D eigenvalue weighted by Gasteiger charge is 2.41. The molecule has 55 heavy (non-hydrogen) atoms. The predicted molar refractivity (Wildman–Crippen MR) is 234 cm³/mol. The van der Waals surface area contributed by atoms with E-state index in [9.17, 15) is 0 Å². The molecule has 8 aromatic rings. The van der Waals surface area contributed by atoms with Gasteiger partial charge in [0.05, 0.1) is 16.8 Å². The van der Waals surface area contributed by atoms with Crippen molar-refractivity contribution in [3.8, 4) is 33.4 Å². The molecule has 0 saturated heterocycles. The fraction of sp³-hybridized carbons (Fsp3) is 0.208. The molecule has 0 N–H and O–H groups in total. The van der Waals surface area contributed by atoms with Crippen LogP contribution in [-0.4, -0.2) is 0 Å². The first-order chi connectivity index (χ1) is 26.3. The zero-order valence-corrected chi connectivity index (χ0v) is 33.3. The first-order valence-electron chi connectivity index (χ1n) is 19.6. The molecule has 7 aromatic carbocycles. The van der Waals surface area contributed by atoms with Gasteiger partial charge in [-0.3, -0.25) is 0 Å². The highest BCUT2D eigenvalue weighted by atomic mass is 16.3. The van der Waals surface area contributed by atoms with E-state index < -0.39 is 0 Å². The highest BCUT2D eigenvalue weighted by molar-refractivity contribution is 6.14. The van der Waals surface area contributed by atoms with Crippen LogP contribution in [0, 0.1) is 0 Å². The summed E-state index contributed by atoms with van der Waals surface area (Å²) in [6.45, 7) is 18.9. The first kappa shape index (κ1) is 34.9. The van der Waals surface area contributed by atoms with E-state index >= 15 is 0 Å². The maximum atomic E-state index is 6.50. The Morgan fingerprint density at radius 2 is 1.13 bits per heavy atom. The minimum atomic E-state index is -0.165. The third-order valence-electron chi connectivity index (χ3n) is 11.7. The van der Waals surface area contributed by atoms with Crippen molar-refractivity contribution in [1.29, 1.82) is 0 Å². The molecule has 0 unspecified atom stereocenters. The van der Waals surface area contributed by atoms with Gasteiger partial charge in [-0.25, -0.2) is 0 Å². The second-order valence-corrected chi connectivity index (χ2v) is 17.8. The number of benzene rings is 7. The van der Waals surface area contributed by atoms with Crippen LogP contribution < -0.4 is 4.90 Å². The number of hydrogen-bond acceptors (Lipinski definition) is 2. The van der Waals surface area contributed by atoms with Crippen LogP contribution in [0.2, 0.25) is 0 Å². The average molecular weight is 716 g/mol. The quantitative estimate of drug-likeness (QED) is 0.176. The summed E-state index contributed by atoms with van der Waals surface area (Å²) in [6, 6.07) is 55.4. The van der Waals surface area contributed by atoms with Crippen molar-refractivity contribution < 1.29 is 4.42 Å². The Bertz CT molecular complexity index is 2750. The van der Waals surface area contributed by atoms with E-state index in [1.807, 2.05) is 6.07 Å². The molecule has 0 atom stereocenters. The zero-order valence-electron chi connectivity index (χ0n) is 33.3. The van der Waals surface area contributed by atoms with E-state index in [2.05, 4.69) is 206 Å². The largest absolute Gasteiger partial charge is 0.456 e. The molecule has 2 nitrogen and oxygen atoms in total. The van der Waals surface area contributed by atoms with Crippen molar-refractivity contribution in [3.05, 3.63) is 174 Å². The Kier molecular flexibility index (Phi) is 7.99. The lowest BCUT2D eigenvalue weighted by atomic mass is 9.74. The summed E-state index contributed by atoms with van der Waals surface area (Å²) in [7, 11) is 0. The summed E-state index contributed by atoms with van der Waals surface area (Å²) in [5.41, 5.74) is 18.0. The fourth-order valence-corrected chi connectivity index (χ4v) is 8.84. The molecule has 272 valence electrons. The number of furan rings is 1. The monoisotopic (exact) mass is 715 g/mol. The van der Waals surface area contributed by atoms with Crippen LogP contribution in [0.4, 0.5) is 17.1 Å². The van der Waals surface area contributed by atoms with Gasteiger partial charge in [-0.15, -0.1) is 0 Å². The number of fused-ring (bicyclic) bond motifs is 6. The van der Waals surface area contributed by atoms with E-state index in [1.54, 1.807) is 0 Å². The van der Waals surface area contributed by atoms with Crippen molar-refractivity contribution >= 4 is 39.0 Å². The van der Waals surface area contributed by atoms with Gasteiger partial charge in [-0.1, -0.05) is 171 Å². The van der Waals surface area contributed by atoms with Crippen LogP contribution in [0.15, 0.2) is 156 Å². The van der Waals surface area contributed by atoms with Crippen molar-refractivity contribution in [2.24, 2.45) is 0 Å². The molecule has 0 saturated carbocycles. The normalized spacial score (nSPS) is 13.6. The Balaban J connectivity index is 1.35. The van der Waals surface area contributed by atoms with Crippen LogP contribution in [0.3, 0.4) is 0 Å². The lowest BCUT2D eigenvalue weighted by Gasteiger charge is -2.31. The van der Waals surface area contributed by atoms with Gasteiger partial charge in [-0.2, -0.15) is 0 Å². The number of para-hydroxylation sites is 2. The molecule has 1 heterocycles. The average Bonchev–Trinajstić information content (AvgIpc) is 3.67. The van der Waals surface area contributed by atoms with Crippen LogP contribution >= 0.6 is 0 Å². The van der Waals surface area contributed by atoms with Crippen LogP contribution in [-0.2, 0) is 16.2 Å². The van der Waals surface area contributed by atoms with Gasteiger partial charge >= 0.3 is 0 Å². The molecule has 0 bridgehead atoms. The Hall–Kier alpha value is -5.86. The molecule has 9 rings (SSSR count). The lowest BCUT2D eigenvalue weighted by molar-refractivity contribution is 0.564. The van der Waals surface area contributed by atoms with Crippen LogP contribution in [0.1, 0.15) is 77.6 Å². The number of rotatable bonds is 5. The molecule has 0 radical (unpaired) electrons. The maximum absolute atomic E-state index is 6.50. The second-order valence-electron chi connectivity index (χ2n) is 17.8. The van der Waals surface area contributed by atoms with E-state index in [4.69, 9.17) is 4.42 Å². The molecule has 0 fully saturated rings. The van der Waals surface area contributed by atoms with Gasteiger partial charge in [0, 0.05) is 22.1 Å². The lowest BCUT2D eigenvalue weighted by Crippen LogP contribution is -2.21. The SMILES string of the molecule is CC(C)(C)c1cc(C(C)(C)C)c2c(c1)C(C)(C)c1cccc(-c3ccccc3N(c3cccc(-c4ccccc4)c3)c3cccc4oc5ccccc5c34)c1-2. The topological polar surface area (TPSA) is 16.4 Å². The molecule has 1 aliphatic carbocycles. The summed E-state index contributed by atoms with van der Waals surface area (Å²) in [6.07, 6.45) is 0. The number of anilines is 3. The van der Waals surface area contributed by atoms with Crippen LogP contribution in [0.25, 0.3) is 55.3 Å². The Labute approximate surface area is 326 Å².